The Hall–Kier alpha value is -2.56. The number of carbonyl (C=O) groups excluding carboxylic acids is 1. The van der Waals surface area contributed by atoms with Crippen molar-refractivity contribution in [3.63, 3.8) is 0 Å². The zero-order valence-electron chi connectivity index (χ0n) is 12.4. The number of nitrogens with zero attached hydrogens (tertiary/aromatic N) is 1. The van der Waals surface area contributed by atoms with Crippen LogP contribution in [-0.2, 0) is 4.74 Å². The number of nitrogens with one attached hydrogen (secondary N) is 1. The zero-order chi connectivity index (χ0) is 15.5. The molecular formula is C16H19N3O2. The Kier molecular flexibility index (Phi) is 4.12. The lowest BCUT2D eigenvalue weighted by atomic mass is 10.1. The molecule has 0 aliphatic rings. The third kappa shape index (κ3) is 4.21. The number of nitrogens with two attached hydrogens (primary N) is 1. The van der Waals surface area contributed by atoms with Crippen molar-refractivity contribution in [3.05, 3.63) is 42.6 Å². The van der Waals surface area contributed by atoms with E-state index in [2.05, 4.69) is 10.3 Å². The number of pyridine rings is 1. The monoisotopic (exact) mass is 285 g/mol. The smallest absolute Gasteiger partial charge is 0.412 e. The second-order valence-electron chi connectivity index (χ2n) is 5.65. The van der Waals surface area contributed by atoms with Crippen molar-refractivity contribution in [1.29, 1.82) is 0 Å². The number of hydrogen-bond acceptors (Lipinski definition) is 4. The lowest BCUT2D eigenvalue weighted by Crippen LogP contribution is -2.27. The highest BCUT2D eigenvalue weighted by Crippen LogP contribution is 2.24. The lowest BCUT2D eigenvalue weighted by molar-refractivity contribution is 0.0636. The maximum atomic E-state index is 11.7. The standard InChI is InChI=1S/C16H19N3O2/c1-16(2,3)21-15(20)19-14-10-18-13(9-12(14)17)11-7-5-4-6-8-11/h4-10H,1-3H3,(H2,17,18)(H,19,20). The fraction of sp³-hybridized carbons (Fsp3) is 0.250. The van der Waals surface area contributed by atoms with Gasteiger partial charge in [0, 0.05) is 5.56 Å². The number of anilines is 2. The van der Waals surface area contributed by atoms with Crippen LogP contribution in [0.1, 0.15) is 20.8 Å². The van der Waals surface area contributed by atoms with Gasteiger partial charge in [-0.1, -0.05) is 30.3 Å². The van der Waals surface area contributed by atoms with Crippen LogP contribution in [0.25, 0.3) is 11.3 Å². The molecule has 1 aromatic carbocycles. The number of rotatable bonds is 2. The highest BCUT2D eigenvalue weighted by molar-refractivity contribution is 5.89. The average molecular weight is 285 g/mol. The molecule has 5 nitrogen and oxygen atoms in total. The summed E-state index contributed by atoms with van der Waals surface area (Å²) in [5.74, 6) is 0. The minimum atomic E-state index is -0.559. The van der Waals surface area contributed by atoms with Crippen LogP contribution in [0.3, 0.4) is 0 Å². The first kappa shape index (κ1) is 14.8. The van der Waals surface area contributed by atoms with Crippen molar-refractivity contribution in [2.24, 2.45) is 0 Å². The van der Waals surface area contributed by atoms with E-state index in [0.717, 1.165) is 11.3 Å². The van der Waals surface area contributed by atoms with Gasteiger partial charge in [0.1, 0.15) is 5.60 Å². The van der Waals surface area contributed by atoms with E-state index in [0.29, 0.717) is 11.4 Å². The molecule has 0 saturated carbocycles. The van der Waals surface area contributed by atoms with E-state index in [1.807, 2.05) is 30.3 Å². The van der Waals surface area contributed by atoms with E-state index in [1.54, 1.807) is 26.8 Å². The van der Waals surface area contributed by atoms with Gasteiger partial charge in [-0.3, -0.25) is 10.3 Å². The van der Waals surface area contributed by atoms with Crippen molar-refractivity contribution >= 4 is 17.5 Å². The molecule has 0 radical (unpaired) electrons. The molecule has 0 unspecified atom stereocenters. The first-order chi connectivity index (χ1) is 9.85. The summed E-state index contributed by atoms with van der Waals surface area (Å²) in [6, 6.07) is 11.4. The molecule has 3 N–H and O–H groups in total. The van der Waals surface area contributed by atoms with Gasteiger partial charge in [0.2, 0.25) is 0 Å². The fourth-order valence-corrected chi connectivity index (χ4v) is 1.76. The van der Waals surface area contributed by atoms with Crippen molar-refractivity contribution in [1.82, 2.24) is 4.98 Å². The number of carbonyl (C=O) groups is 1. The lowest BCUT2D eigenvalue weighted by Gasteiger charge is -2.20. The highest BCUT2D eigenvalue weighted by atomic mass is 16.6. The van der Waals surface area contributed by atoms with E-state index in [9.17, 15) is 4.79 Å². The van der Waals surface area contributed by atoms with Crippen LogP contribution in [0.5, 0.6) is 0 Å². The zero-order valence-corrected chi connectivity index (χ0v) is 12.4. The van der Waals surface area contributed by atoms with E-state index >= 15 is 0 Å². The molecule has 0 aliphatic heterocycles. The molecule has 0 atom stereocenters. The van der Waals surface area contributed by atoms with E-state index < -0.39 is 11.7 Å². The van der Waals surface area contributed by atoms with Crippen LogP contribution in [-0.4, -0.2) is 16.7 Å². The van der Waals surface area contributed by atoms with Gasteiger partial charge in [-0.25, -0.2) is 4.79 Å². The number of amides is 1. The van der Waals surface area contributed by atoms with E-state index in [4.69, 9.17) is 10.5 Å². The van der Waals surface area contributed by atoms with Crippen LogP contribution in [0.15, 0.2) is 42.6 Å². The Morgan fingerprint density at radius 3 is 2.48 bits per heavy atom. The van der Waals surface area contributed by atoms with Crippen molar-refractivity contribution in [2.75, 3.05) is 11.1 Å². The number of hydrogen-bond donors (Lipinski definition) is 2. The second kappa shape index (κ2) is 5.83. The van der Waals surface area contributed by atoms with Crippen molar-refractivity contribution in [2.45, 2.75) is 26.4 Å². The maximum Gasteiger partial charge on any atom is 0.412 e. The van der Waals surface area contributed by atoms with Gasteiger partial charge >= 0.3 is 6.09 Å². The fourth-order valence-electron chi connectivity index (χ4n) is 1.76. The number of aromatic nitrogens is 1. The average Bonchev–Trinajstić information content (AvgIpc) is 2.40. The molecular weight excluding hydrogens is 266 g/mol. The normalized spacial score (nSPS) is 11.0. The third-order valence-electron chi connectivity index (χ3n) is 2.64. The predicted octanol–water partition coefficient (Wildman–Crippen LogP) is 3.68. The SMILES string of the molecule is CC(C)(C)OC(=O)Nc1cnc(-c2ccccc2)cc1N. The van der Waals surface area contributed by atoms with Crippen LogP contribution in [0.4, 0.5) is 16.2 Å². The van der Waals surface area contributed by atoms with Gasteiger partial charge < -0.3 is 10.5 Å². The largest absolute Gasteiger partial charge is 0.444 e. The molecule has 5 heteroatoms. The molecule has 0 aliphatic carbocycles. The Labute approximate surface area is 124 Å². The summed E-state index contributed by atoms with van der Waals surface area (Å²) >= 11 is 0. The van der Waals surface area contributed by atoms with Crippen molar-refractivity contribution in [3.8, 4) is 11.3 Å². The summed E-state index contributed by atoms with van der Waals surface area (Å²) in [4.78, 5) is 16.0. The molecule has 21 heavy (non-hydrogen) atoms. The molecule has 0 saturated heterocycles. The Morgan fingerprint density at radius 1 is 1.24 bits per heavy atom. The Balaban J connectivity index is 2.15. The van der Waals surface area contributed by atoms with Crippen LogP contribution < -0.4 is 11.1 Å². The van der Waals surface area contributed by atoms with Gasteiger partial charge in [0.05, 0.1) is 23.3 Å². The molecule has 1 heterocycles. The van der Waals surface area contributed by atoms with E-state index in [-0.39, 0.29) is 0 Å². The molecule has 1 amide bonds. The third-order valence-corrected chi connectivity index (χ3v) is 2.64. The summed E-state index contributed by atoms with van der Waals surface area (Å²) in [5.41, 5.74) is 7.99. The predicted molar refractivity (Wildman–Crippen MR) is 83.9 cm³/mol. The number of ether oxygens (including phenoxy) is 1. The van der Waals surface area contributed by atoms with Crippen LogP contribution in [0, 0.1) is 0 Å². The molecule has 110 valence electrons. The van der Waals surface area contributed by atoms with Crippen LogP contribution in [0.2, 0.25) is 0 Å². The molecule has 0 fully saturated rings. The van der Waals surface area contributed by atoms with Gasteiger partial charge in [-0.15, -0.1) is 0 Å². The molecule has 2 rings (SSSR count). The molecule has 0 spiro atoms. The molecule has 0 bridgehead atoms. The minimum Gasteiger partial charge on any atom is -0.444 e. The maximum absolute atomic E-state index is 11.7. The van der Waals surface area contributed by atoms with Crippen LogP contribution >= 0.6 is 0 Å². The Bertz CT molecular complexity index is 634. The first-order valence-electron chi connectivity index (χ1n) is 6.66. The highest BCUT2D eigenvalue weighted by Gasteiger charge is 2.17. The Morgan fingerprint density at radius 2 is 1.90 bits per heavy atom. The second-order valence-corrected chi connectivity index (χ2v) is 5.65. The number of benzene rings is 1. The topological polar surface area (TPSA) is 77.2 Å². The number of nitrogen functional groups attached to an aromatic ring is 1. The summed E-state index contributed by atoms with van der Waals surface area (Å²) in [6.45, 7) is 5.39. The summed E-state index contributed by atoms with van der Waals surface area (Å²) < 4.78 is 5.18. The molecule has 2 aromatic rings. The van der Waals surface area contributed by atoms with Gasteiger partial charge in [0.15, 0.2) is 0 Å². The first-order valence-corrected chi connectivity index (χ1v) is 6.66. The van der Waals surface area contributed by atoms with Gasteiger partial charge in [-0.05, 0) is 26.8 Å². The van der Waals surface area contributed by atoms with Crippen molar-refractivity contribution < 1.29 is 9.53 Å². The summed E-state index contributed by atoms with van der Waals surface area (Å²) in [5, 5.41) is 2.60. The summed E-state index contributed by atoms with van der Waals surface area (Å²) in [7, 11) is 0. The molecule has 1 aromatic heterocycles. The van der Waals surface area contributed by atoms with Gasteiger partial charge in [0.25, 0.3) is 0 Å². The summed E-state index contributed by atoms with van der Waals surface area (Å²) in [6.07, 6.45) is 0.977. The van der Waals surface area contributed by atoms with Gasteiger partial charge in [-0.2, -0.15) is 0 Å². The minimum absolute atomic E-state index is 0.434. The van der Waals surface area contributed by atoms with E-state index in [1.165, 1.54) is 6.20 Å². The quantitative estimate of drug-likeness (QED) is 0.882.